The molecule has 2 aromatic carbocycles. The smallest absolute Gasteiger partial charge is 0.0467 e. The molecule has 0 aliphatic carbocycles. The summed E-state index contributed by atoms with van der Waals surface area (Å²) < 4.78 is 0. The minimum atomic E-state index is 0.567. The highest BCUT2D eigenvalue weighted by Gasteiger charge is 2.26. The Bertz CT molecular complexity index is 699. The number of aromatic nitrogens is 1. The van der Waals surface area contributed by atoms with Crippen LogP contribution in [0.5, 0.6) is 0 Å². The zero-order chi connectivity index (χ0) is 11.9. The minimum absolute atomic E-state index is 0.567. The highest BCUT2D eigenvalue weighted by Crippen LogP contribution is 2.49. The van der Waals surface area contributed by atoms with Gasteiger partial charge in [0.15, 0.2) is 0 Å². The van der Waals surface area contributed by atoms with Gasteiger partial charge in [-0.1, -0.05) is 48.5 Å². The van der Waals surface area contributed by atoms with Gasteiger partial charge in [0.1, 0.15) is 0 Å². The van der Waals surface area contributed by atoms with E-state index in [9.17, 15) is 0 Å². The predicted molar refractivity (Wildman–Crippen MR) is 77.0 cm³/mol. The van der Waals surface area contributed by atoms with E-state index < -0.39 is 0 Å². The molecule has 4 rings (SSSR count). The summed E-state index contributed by atoms with van der Waals surface area (Å²) in [5.74, 6) is 0. The van der Waals surface area contributed by atoms with Crippen LogP contribution in [0.2, 0.25) is 0 Å². The van der Waals surface area contributed by atoms with Crippen molar-refractivity contribution in [2.75, 3.05) is 0 Å². The molecule has 0 radical (unpaired) electrons. The van der Waals surface area contributed by atoms with Gasteiger partial charge in [-0.25, -0.2) is 0 Å². The normalized spacial score (nSPS) is 18.1. The summed E-state index contributed by atoms with van der Waals surface area (Å²) in [5, 5.41) is 1.94. The zero-order valence-corrected chi connectivity index (χ0v) is 10.7. The van der Waals surface area contributed by atoms with Crippen molar-refractivity contribution < 1.29 is 0 Å². The van der Waals surface area contributed by atoms with Gasteiger partial charge in [-0.05, 0) is 11.6 Å². The Morgan fingerprint density at radius 3 is 2.61 bits per heavy atom. The lowest BCUT2D eigenvalue weighted by molar-refractivity contribution is 0.920. The van der Waals surface area contributed by atoms with Gasteiger partial charge in [-0.3, -0.25) is 0 Å². The van der Waals surface area contributed by atoms with Crippen molar-refractivity contribution in [1.29, 1.82) is 0 Å². The lowest BCUT2D eigenvalue weighted by Crippen LogP contribution is -1.92. The Kier molecular flexibility index (Phi) is 2.24. The van der Waals surface area contributed by atoms with Crippen molar-refractivity contribution in [2.45, 2.75) is 16.6 Å². The molecule has 1 nitrogen and oxygen atoms in total. The van der Waals surface area contributed by atoms with E-state index >= 15 is 0 Å². The van der Waals surface area contributed by atoms with E-state index in [0.717, 1.165) is 6.42 Å². The first-order valence-corrected chi connectivity index (χ1v) is 7.11. The van der Waals surface area contributed by atoms with Gasteiger partial charge in [0.2, 0.25) is 0 Å². The number of thioether (sulfide) groups is 1. The first-order valence-electron chi connectivity index (χ1n) is 6.23. The van der Waals surface area contributed by atoms with E-state index in [4.69, 9.17) is 0 Å². The highest BCUT2D eigenvalue weighted by molar-refractivity contribution is 8.00. The summed E-state index contributed by atoms with van der Waals surface area (Å²) in [4.78, 5) is 5.00. The maximum absolute atomic E-state index is 3.55. The van der Waals surface area contributed by atoms with E-state index in [1.807, 2.05) is 11.8 Å². The fourth-order valence-electron chi connectivity index (χ4n) is 2.67. The van der Waals surface area contributed by atoms with Crippen molar-refractivity contribution in [3.05, 3.63) is 65.9 Å². The monoisotopic (exact) mass is 251 g/mol. The van der Waals surface area contributed by atoms with Crippen molar-refractivity contribution in [1.82, 2.24) is 4.98 Å². The summed E-state index contributed by atoms with van der Waals surface area (Å²) in [6.45, 7) is 0. The van der Waals surface area contributed by atoms with Crippen LogP contribution in [0, 0.1) is 0 Å². The van der Waals surface area contributed by atoms with Crippen LogP contribution in [-0.2, 0) is 6.42 Å². The van der Waals surface area contributed by atoms with Crippen LogP contribution in [0.1, 0.15) is 16.5 Å². The third kappa shape index (κ3) is 1.49. The number of hydrogen-bond acceptors (Lipinski definition) is 1. The van der Waals surface area contributed by atoms with Crippen LogP contribution in [-0.4, -0.2) is 4.98 Å². The summed E-state index contributed by atoms with van der Waals surface area (Å²) >= 11 is 1.99. The number of nitrogens with one attached hydrogen (secondary N) is 1. The van der Waals surface area contributed by atoms with E-state index in [1.165, 1.54) is 27.1 Å². The van der Waals surface area contributed by atoms with E-state index in [1.54, 1.807) is 0 Å². The maximum atomic E-state index is 3.55. The Hall–Kier alpha value is -1.67. The van der Waals surface area contributed by atoms with Crippen LogP contribution >= 0.6 is 11.8 Å². The van der Waals surface area contributed by atoms with Crippen molar-refractivity contribution in [3.63, 3.8) is 0 Å². The molecular formula is C16H13NS. The highest BCUT2D eigenvalue weighted by atomic mass is 32.2. The SMILES string of the molecule is c1ccc(C2Cc3[nH]c4ccccc4c3S2)cc1. The molecule has 0 saturated heterocycles. The van der Waals surface area contributed by atoms with E-state index in [-0.39, 0.29) is 0 Å². The number of hydrogen-bond donors (Lipinski definition) is 1. The maximum Gasteiger partial charge on any atom is 0.0467 e. The number of para-hydroxylation sites is 1. The molecule has 3 aromatic rings. The van der Waals surface area contributed by atoms with Crippen molar-refractivity contribution >= 4 is 22.7 Å². The number of rotatable bonds is 1. The van der Waals surface area contributed by atoms with Gasteiger partial charge in [0, 0.05) is 33.2 Å². The first kappa shape index (κ1) is 10.3. The molecule has 0 bridgehead atoms. The molecule has 1 aliphatic rings. The van der Waals surface area contributed by atoms with Gasteiger partial charge in [-0.15, -0.1) is 11.8 Å². The fraction of sp³-hybridized carbons (Fsp3) is 0.125. The molecule has 1 aromatic heterocycles. The quantitative estimate of drug-likeness (QED) is 0.670. The first-order chi connectivity index (χ1) is 8.92. The van der Waals surface area contributed by atoms with E-state index in [0.29, 0.717) is 5.25 Å². The van der Waals surface area contributed by atoms with Crippen LogP contribution in [0.15, 0.2) is 59.5 Å². The number of fused-ring (bicyclic) bond motifs is 3. The minimum Gasteiger partial charge on any atom is -0.357 e. The summed E-state index contributed by atoms with van der Waals surface area (Å²) in [6, 6.07) is 19.4. The topological polar surface area (TPSA) is 15.8 Å². The molecule has 18 heavy (non-hydrogen) atoms. The molecule has 88 valence electrons. The second-order valence-corrected chi connectivity index (χ2v) is 5.91. The molecule has 2 heterocycles. The average Bonchev–Trinajstić information content (AvgIpc) is 2.97. The third-order valence-corrected chi connectivity index (χ3v) is 4.98. The summed E-state index contributed by atoms with van der Waals surface area (Å²) in [5.41, 5.74) is 4.09. The van der Waals surface area contributed by atoms with Crippen molar-refractivity contribution in [2.24, 2.45) is 0 Å². The Balaban J connectivity index is 1.76. The Morgan fingerprint density at radius 1 is 0.944 bits per heavy atom. The molecule has 0 saturated carbocycles. The van der Waals surface area contributed by atoms with Crippen LogP contribution < -0.4 is 0 Å². The number of aromatic amines is 1. The Labute approximate surface area is 110 Å². The van der Waals surface area contributed by atoms with Gasteiger partial charge in [-0.2, -0.15) is 0 Å². The van der Waals surface area contributed by atoms with Gasteiger partial charge < -0.3 is 4.98 Å². The van der Waals surface area contributed by atoms with Crippen LogP contribution in [0.25, 0.3) is 10.9 Å². The van der Waals surface area contributed by atoms with Crippen molar-refractivity contribution in [3.8, 4) is 0 Å². The fourth-order valence-corrected chi connectivity index (χ4v) is 4.08. The summed E-state index contributed by atoms with van der Waals surface area (Å²) in [6.07, 6.45) is 1.11. The number of H-pyrrole nitrogens is 1. The molecule has 2 heteroatoms. The molecule has 0 fully saturated rings. The predicted octanol–water partition coefficient (Wildman–Crippen LogP) is 4.56. The number of benzene rings is 2. The zero-order valence-electron chi connectivity index (χ0n) is 9.89. The molecular weight excluding hydrogens is 238 g/mol. The molecule has 0 spiro atoms. The van der Waals surface area contributed by atoms with Crippen LogP contribution in [0.4, 0.5) is 0 Å². The third-order valence-electron chi connectivity index (χ3n) is 3.55. The van der Waals surface area contributed by atoms with Gasteiger partial charge >= 0.3 is 0 Å². The van der Waals surface area contributed by atoms with E-state index in [2.05, 4.69) is 59.6 Å². The average molecular weight is 251 g/mol. The lowest BCUT2D eigenvalue weighted by Gasteiger charge is -2.08. The van der Waals surface area contributed by atoms with Crippen LogP contribution in [0.3, 0.4) is 0 Å². The largest absolute Gasteiger partial charge is 0.357 e. The lowest BCUT2D eigenvalue weighted by atomic mass is 10.1. The second kappa shape index (κ2) is 3.92. The van der Waals surface area contributed by atoms with Gasteiger partial charge in [0.25, 0.3) is 0 Å². The molecule has 1 N–H and O–H groups in total. The molecule has 0 amide bonds. The Morgan fingerprint density at radius 2 is 1.72 bits per heavy atom. The standard InChI is InChI=1S/C16H13NS/c1-2-6-11(7-3-1)15-10-14-16(18-15)12-8-4-5-9-13(12)17-14/h1-9,15,17H,10H2. The molecule has 1 aliphatic heterocycles. The molecule has 1 unspecified atom stereocenters. The van der Waals surface area contributed by atoms with Gasteiger partial charge in [0.05, 0.1) is 0 Å². The molecule has 1 atom stereocenters. The summed E-state index contributed by atoms with van der Waals surface area (Å²) in [7, 11) is 0. The second-order valence-electron chi connectivity index (χ2n) is 4.70.